The first kappa shape index (κ1) is 18.6. The minimum absolute atomic E-state index is 0.177. The second kappa shape index (κ2) is 6.82. The first-order valence-corrected chi connectivity index (χ1v) is 10.9. The van der Waals surface area contributed by atoms with Gasteiger partial charge in [0.15, 0.2) is 0 Å². The van der Waals surface area contributed by atoms with E-state index in [1.54, 1.807) is 0 Å². The summed E-state index contributed by atoms with van der Waals surface area (Å²) in [5, 5.41) is 23.4. The third-order valence-electron chi connectivity index (χ3n) is 7.88. The molecule has 5 nitrogen and oxygen atoms in total. The lowest BCUT2D eigenvalue weighted by Crippen LogP contribution is -2.42. The molecule has 0 bridgehead atoms. The van der Waals surface area contributed by atoms with Crippen LogP contribution in [-0.2, 0) is 13.5 Å². The minimum atomic E-state index is 0.177. The van der Waals surface area contributed by atoms with Gasteiger partial charge in [0.05, 0.1) is 11.9 Å². The fourth-order valence-corrected chi connectivity index (χ4v) is 6.43. The number of phenolic OH excluding ortho intramolecular Hbond substituents is 1. The molecule has 2 saturated carbocycles. The van der Waals surface area contributed by atoms with Crippen LogP contribution in [0.5, 0.6) is 5.75 Å². The molecule has 3 aliphatic carbocycles. The van der Waals surface area contributed by atoms with Crippen molar-refractivity contribution in [2.45, 2.75) is 58.3 Å². The van der Waals surface area contributed by atoms with Crippen molar-refractivity contribution in [3.63, 3.8) is 0 Å². The predicted molar refractivity (Wildman–Crippen MR) is 116 cm³/mol. The summed E-state index contributed by atoms with van der Waals surface area (Å²) in [6.07, 6.45) is 10.8. The van der Waals surface area contributed by atoms with Gasteiger partial charge in [0, 0.05) is 29.9 Å². The summed E-state index contributed by atoms with van der Waals surface area (Å²) < 4.78 is 1.82. The van der Waals surface area contributed by atoms with Crippen LogP contribution >= 0.6 is 0 Å². The van der Waals surface area contributed by atoms with Crippen molar-refractivity contribution in [3.05, 3.63) is 46.8 Å². The van der Waals surface area contributed by atoms with Gasteiger partial charge in [-0.15, -0.1) is 0 Å². The van der Waals surface area contributed by atoms with Crippen molar-refractivity contribution < 1.29 is 5.11 Å². The molecule has 1 N–H and O–H groups in total. The normalized spacial score (nSPS) is 32.4. The second-order valence-electron chi connectivity index (χ2n) is 9.43. The standard InChI is InChI=1S/C24H30N4O/c1-15-17(14-28(3)27-15)13-25-26-23-9-8-22-21-6-4-16-12-18(29)5-7-19(16)20(21)10-11-24(22,23)2/h5,7,12-14,20-22,29H,4,6,8-11H2,1-3H3/t20-,21-,22-,24+/m1/s1. The topological polar surface area (TPSA) is 62.8 Å². The summed E-state index contributed by atoms with van der Waals surface area (Å²) in [7, 11) is 1.93. The van der Waals surface area contributed by atoms with Gasteiger partial charge in [-0.2, -0.15) is 15.3 Å². The molecule has 5 rings (SSSR count). The molecule has 1 heterocycles. The molecule has 5 heteroatoms. The molecule has 0 amide bonds. The highest BCUT2D eigenvalue weighted by molar-refractivity contribution is 5.93. The van der Waals surface area contributed by atoms with E-state index in [9.17, 15) is 5.11 Å². The van der Waals surface area contributed by atoms with Crippen molar-refractivity contribution in [2.24, 2.45) is 34.5 Å². The number of hydrogen-bond donors (Lipinski definition) is 1. The molecule has 2 fully saturated rings. The van der Waals surface area contributed by atoms with Crippen molar-refractivity contribution in [2.75, 3.05) is 0 Å². The lowest BCUT2D eigenvalue weighted by atomic mass is 9.55. The summed E-state index contributed by atoms with van der Waals surface area (Å²) in [6, 6.07) is 6.02. The van der Waals surface area contributed by atoms with E-state index in [-0.39, 0.29) is 5.41 Å². The Hall–Kier alpha value is -2.43. The average Bonchev–Trinajstić information content (AvgIpc) is 3.19. The number of aromatic nitrogens is 2. The molecule has 4 atom stereocenters. The van der Waals surface area contributed by atoms with Crippen LogP contribution < -0.4 is 0 Å². The van der Waals surface area contributed by atoms with Gasteiger partial charge in [-0.1, -0.05) is 13.0 Å². The minimum Gasteiger partial charge on any atom is -0.508 e. The van der Waals surface area contributed by atoms with E-state index < -0.39 is 0 Å². The number of benzene rings is 1. The van der Waals surface area contributed by atoms with Crippen molar-refractivity contribution in [3.8, 4) is 5.75 Å². The Morgan fingerprint density at radius 1 is 1.24 bits per heavy atom. The number of aryl methyl sites for hydroxylation is 3. The van der Waals surface area contributed by atoms with Crippen LogP contribution in [0.4, 0.5) is 0 Å². The van der Waals surface area contributed by atoms with Crippen LogP contribution in [0.25, 0.3) is 0 Å². The summed E-state index contributed by atoms with van der Waals surface area (Å²) in [5.74, 6) is 2.46. The van der Waals surface area contributed by atoms with E-state index in [1.165, 1.54) is 42.5 Å². The number of nitrogens with zero attached hydrogens (tertiary/aromatic N) is 4. The Morgan fingerprint density at radius 2 is 2.10 bits per heavy atom. The molecule has 0 unspecified atom stereocenters. The molecule has 3 aliphatic rings. The van der Waals surface area contributed by atoms with E-state index in [2.05, 4.69) is 23.2 Å². The van der Waals surface area contributed by atoms with Gasteiger partial charge in [0.25, 0.3) is 0 Å². The molecule has 0 spiro atoms. The number of fused-ring (bicyclic) bond motifs is 5. The highest BCUT2D eigenvalue weighted by atomic mass is 16.3. The van der Waals surface area contributed by atoms with E-state index in [0.29, 0.717) is 17.6 Å². The van der Waals surface area contributed by atoms with Gasteiger partial charge < -0.3 is 5.11 Å². The van der Waals surface area contributed by atoms with Crippen LogP contribution in [0.3, 0.4) is 0 Å². The zero-order chi connectivity index (χ0) is 20.2. The Labute approximate surface area is 172 Å². The second-order valence-corrected chi connectivity index (χ2v) is 9.43. The SMILES string of the molecule is Cc1nn(C)cc1C=NN=C1CC[C@@H]2[C@@H]3CCc4cc(O)ccc4[C@H]3CC[C@]12C. The maximum absolute atomic E-state index is 9.86. The van der Waals surface area contributed by atoms with Crippen molar-refractivity contribution >= 4 is 11.9 Å². The van der Waals surface area contributed by atoms with Crippen LogP contribution in [0.2, 0.25) is 0 Å². The molecule has 0 aliphatic heterocycles. The zero-order valence-corrected chi connectivity index (χ0v) is 17.6. The maximum Gasteiger partial charge on any atom is 0.115 e. The highest BCUT2D eigenvalue weighted by Crippen LogP contribution is 2.60. The number of phenols is 1. The third-order valence-corrected chi connectivity index (χ3v) is 7.88. The fraction of sp³-hybridized carbons (Fsp3) is 0.542. The molecule has 0 radical (unpaired) electrons. The van der Waals surface area contributed by atoms with Crippen molar-refractivity contribution in [1.29, 1.82) is 0 Å². The molecule has 0 saturated heterocycles. The zero-order valence-electron chi connectivity index (χ0n) is 17.6. The molecule has 1 aromatic carbocycles. The van der Waals surface area contributed by atoms with Crippen molar-refractivity contribution in [1.82, 2.24) is 9.78 Å². The van der Waals surface area contributed by atoms with Gasteiger partial charge in [-0.05, 0) is 86.5 Å². The van der Waals surface area contributed by atoms with Crippen LogP contribution in [0.15, 0.2) is 34.6 Å². The number of hydrogen-bond acceptors (Lipinski definition) is 4. The van der Waals surface area contributed by atoms with Gasteiger partial charge in [-0.3, -0.25) is 4.68 Å². The van der Waals surface area contributed by atoms with Crippen LogP contribution in [-0.4, -0.2) is 26.8 Å². The molecular weight excluding hydrogens is 360 g/mol. The lowest BCUT2D eigenvalue weighted by molar-refractivity contribution is 0.0955. The predicted octanol–water partition coefficient (Wildman–Crippen LogP) is 4.77. The summed E-state index contributed by atoms with van der Waals surface area (Å²) in [4.78, 5) is 0. The molecule has 2 aromatic rings. The Morgan fingerprint density at radius 3 is 2.90 bits per heavy atom. The van der Waals surface area contributed by atoms with Crippen LogP contribution in [0, 0.1) is 24.2 Å². The first-order valence-electron chi connectivity index (χ1n) is 10.9. The fourth-order valence-electron chi connectivity index (χ4n) is 6.43. The smallest absolute Gasteiger partial charge is 0.115 e. The molecule has 152 valence electrons. The Bertz CT molecular complexity index is 1000. The van der Waals surface area contributed by atoms with Gasteiger partial charge in [0.2, 0.25) is 0 Å². The van der Waals surface area contributed by atoms with E-state index >= 15 is 0 Å². The third kappa shape index (κ3) is 3.02. The Kier molecular flexibility index (Phi) is 4.37. The Balaban J connectivity index is 1.39. The average molecular weight is 391 g/mol. The van der Waals surface area contributed by atoms with Gasteiger partial charge >= 0.3 is 0 Å². The van der Waals surface area contributed by atoms with Gasteiger partial charge in [-0.25, -0.2) is 0 Å². The maximum atomic E-state index is 9.86. The highest BCUT2D eigenvalue weighted by Gasteiger charge is 2.53. The largest absolute Gasteiger partial charge is 0.508 e. The van der Waals surface area contributed by atoms with Crippen LogP contribution in [0.1, 0.15) is 67.3 Å². The quantitative estimate of drug-likeness (QED) is 0.593. The molecular formula is C24H30N4O. The van der Waals surface area contributed by atoms with E-state index in [1.807, 2.05) is 43.2 Å². The number of rotatable bonds is 2. The number of aromatic hydroxyl groups is 1. The summed E-state index contributed by atoms with van der Waals surface area (Å²) in [5.41, 5.74) is 6.33. The molecule has 29 heavy (non-hydrogen) atoms. The summed E-state index contributed by atoms with van der Waals surface area (Å²) >= 11 is 0. The molecule has 1 aromatic heterocycles. The van der Waals surface area contributed by atoms with E-state index in [4.69, 9.17) is 5.10 Å². The van der Waals surface area contributed by atoms with E-state index in [0.717, 1.165) is 30.0 Å². The first-order chi connectivity index (χ1) is 14.0. The van der Waals surface area contributed by atoms with Gasteiger partial charge in [0.1, 0.15) is 5.75 Å². The monoisotopic (exact) mass is 390 g/mol. The lowest BCUT2D eigenvalue weighted by Gasteiger charge is -2.49. The summed E-state index contributed by atoms with van der Waals surface area (Å²) in [6.45, 7) is 4.43.